The second-order valence-corrected chi connectivity index (χ2v) is 7.16. The summed E-state index contributed by atoms with van der Waals surface area (Å²) in [5.74, 6) is 0.237. The average Bonchev–Trinajstić information content (AvgIpc) is 3.04. The number of hydrogen-bond donors (Lipinski definition) is 0. The second kappa shape index (κ2) is 7.73. The van der Waals surface area contributed by atoms with E-state index in [4.69, 9.17) is 5.10 Å². The maximum absolute atomic E-state index is 4.71. The van der Waals surface area contributed by atoms with Crippen molar-refractivity contribution in [2.75, 3.05) is 7.05 Å². The largest absolute Gasteiger partial charge is 0.261 e. The fraction of sp³-hybridized carbons (Fsp3) is 0.158. The van der Waals surface area contributed by atoms with Crippen LogP contribution >= 0.6 is 27.3 Å². The molecule has 3 nitrogen and oxygen atoms in total. The van der Waals surface area contributed by atoms with Crippen LogP contribution in [0.4, 0.5) is 0 Å². The molecule has 5 heteroatoms. The van der Waals surface area contributed by atoms with Crippen molar-refractivity contribution >= 4 is 33.5 Å². The highest BCUT2D eigenvalue weighted by atomic mass is 79.9. The Labute approximate surface area is 154 Å². The first-order valence-corrected chi connectivity index (χ1v) is 9.35. The van der Waals surface area contributed by atoms with E-state index in [1.54, 1.807) is 18.4 Å². The molecule has 0 amide bonds. The second-order valence-electron chi connectivity index (χ2n) is 5.41. The minimum Gasteiger partial charge on any atom is -0.261 e. The fourth-order valence-corrected chi connectivity index (χ4v) is 3.46. The molecule has 24 heavy (non-hydrogen) atoms. The average molecular weight is 400 g/mol. The standard InChI is InChI=1S/C19H18BrN3S/c1-14(15-6-4-3-5-7-15)12-22-23-18(13-24-19(23)21-2)16-8-10-17(20)11-9-16/h3-14H,1-2H3. The highest BCUT2D eigenvalue weighted by Crippen LogP contribution is 2.22. The summed E-state index contributed by atoms with van der Waals surface area (Å²) in [5.41, 5.74) is 3.41. The zero-order valence-corrected chi connectivity index (χ0v) is 16.0. The van der Waals surface area contributed by atoms with Crippen LogP contribution in [0.25, 0.3) is 11.3 Å². The lowest BCUT2D eigenvalue weighted by Crippen LogP contribution is -2.12. The molecule has 0 aliphatic rings. The van der Waals surface area contributed by atoms with Crippen LogP contribution in [-0.4, -0.2) is 17.9 Å². The van der Waals surface area contributed by atoms with Gasteiger partial charge in [-0.1, -0.05) is 65.3 Å². The molecule has 0 bridgehead atoms. The molecule has 0 radical (unpaired) electrons. The first-order valence-electron chi connectivity index (χ1n) is 7.68. The summed E-state index contributed by atoms with van der Waals surface area (Å²) in [5, 5.41) is 6.80. The number of hydrogen-bond acceptors (Lipinski definition) is 3. The van der Waals surface area contributed by atoms with Gasteiger partial charge in [0.2, 0.25) is 4.80 Å². The van der Waals surface area contributed by atoms with Gasteiger partial charge in [0.25, 0.3) is 0 Å². The highest BCUT2D eigenvalue weighted by Gasteiger charge is 2.08. The summed E-state index contributed by atoms with van der Waals surface area (Å²) < 4.78 is 2.97. The van der Waals surface area contributed by atoms with Crippen molar-refractivity contribution in [2.24, 2.45) is 10.1 Å². The maximum Gasteiger partial charge on any atom is 0.205 e. The lowest BCUT2D eigenvalue weighted by molar-refractivity contribution is 0.836. The lowest BCUT2D eigenvalue weighted by Gasteiger charge is -2.07. The summed E-state index contributed by atoms with van der Waals surface area (Å²) >= 11 is 5.07. The van der Waals surface area contributed by atoms with Gasteiger partial charge in [-0.25, -0.2) is 4.68 Å². The smallest absolute Gasteiger partial charge is 0.205 e. The van der Waals surface area contributed by atoms with Gasteiger partial charge in [-0.2, -0.15) is 5.10 Å². The number of halogens is 1. The van der Waals surface area contributed by atoms with E-state index in [0.29, 0.717) is 0 Å². The molecule has 3 rings (SSSR count). The van der Waals surface area contributed by atoms with Crippen molar-refractivity contribution in [1.29, 1.82) is 0 Å². The summed E-state index contributed by atoms with van der Waals surface area (Å²) in [6.07, 6.45) is 1.97. The SMILES string of the molecule is CN=c1scc(-c2ccc(Br)cc2)n1N=CC(C)c1ccccc1. The first kappa shape index (κ1) is 16.9. The Morgan fingerprint density at radius 3 is 2.46 bits per heavy atom. The van der Waals surface area contributed by atoms with Crippen molar-refractivity contribution in [3.8, 4) is 11.3 Å². The van der Waals surface area contributed by atoms with Gasteiger partial charge in [0.05, 0.1) is 5.69 Å². The summed E-state index contributed by atoms with van der Waals surface area (Å²) in [6.45, 7) is 2.15. The number of benzene rings is 2. The van der Waals surface area contributed by atoms with Crippen LogP contribution in [0.3, 0.4) is 0 Å². The van der Waals surface area contributed by atoms with Crippen LogP contribution in [0.2, 0.25) is 0 Å². The van der Waals surface area contributed by atoms with Gasteiger partial charge in [0.1, 0.15) is 0 Å². The molecule has 0 saturated carbocycles. The minimum atomic E-state index is 0.237. The van der Waals surface area contributed by atoms with Gasteiger partial charge in [-0.15, -0.1) is 11.3 Å². The van der Waals surface area contributed by atoms with Crippen molar-refractivity contribution in [2.45, 2.75) is 12.8 Å². The third-order valence-corrected chi connectivity index (χ3v) is 5.18. The number of nitrogens with zero attached hydrogens (tertiary/aromatic N) is 3. The van der Waals surface area contributed by atoms with Crippen molar-refractivity contribution in [1.82, 2.24) is 4.68 Å². The van der Waals surface area contributed by atoms with Gasteiger partial charge in [0.15, 0.2) is 0 Å². The fourth-order valence-electron chi connectivity index (χ4n) is 2.39. The maximum atomic E-state index is 4.71. The molecule has 0 fully saturated rings. The number of rotatable bonds is 4. The van der Waals surface area contributed by atoms with Crippen LogP contribution < -0.4 is 4.80 Å². The van der Waals surface area contributed by atoms with Crippen molar-refractivity contribution < 1.29 is 0 Å². The molecule has 2 aromatic carbocycles. The van der Waals surface area contributed by atoms with Gasteiger partial charge >= 0.3 is 0 Å². The van der Waals surface area contributed by atoms with Crippen molar-refractivity contribution in [3.63, 3.8) is 0 Å². The molecule has 0 spiro atoms. The Morgan fingerprint density at radius 2 is 1.79 bits per heavy atom. The predicted octanol–water partition coefficient (Wildman–Crippen LogP) is 5.15. The summed E-state index contributed by atoms with van der Waals surface area (Å²) in [4.78, 5) is 5.22. The Morgan fingerprint density at radius 1 is 1.08 bits per heavy atom. The number of aromatic nitrogens is 1. The third kappa shape index (κ3) is 3.74. The highest BCUT2D eigenvalue weighted by molar-refractivity contribution is 9.10. The van der Waals surface area contributed by atoms with Crippen molar-refractivity contribution in [3.05, 3.63) is 74.8 Å². The monoisotopic (exact) mass is 399 g/mol. The third-order valence-electron chi connectivity index (χ3n) is 3.75. The van der Waals surface area contributed by atoms with Gasteiger partial charge in [-0.3, -0.25) is 4.99 Å². The Kier molecular flexibility index (Phi) is 5.43. The summed E-state index contributed by atoms with van der Waals surface area (Å²) in [7, 11) is 1.80. The molecule has 1 aromatic heterocycles. The molecular formula is C19H18BrN3S. The van der Waals surface area contributed by atoms with E-state index in [1.165, 1.54) is 5.56 Å². The Balaban J connectivity index is 1.97. The van der Waals surface area contributed by atoms with E-state index < -0.39 is 0 Å². The molecule has 3 aromatic rings. The van der Waals surface area contributed by atoms with Crippen LogP contribution in [0.5, 0.6) is 0 Å². The van der Waals surface area contributed by atoms with Crippen LogP contribution in [-0.2, 0) is 0 Å². The van der Waals surface area contributed by atoms with Crippen LogP contribution in [0.1, 0.15) is 18.4 Å². The van der Waals surface area contributed by atoms with Gasteiger partial charge in [0, 0.05) is 34.6 Å². The van der Waals surface area contributed by atoms with Gasteiger partial charge < -0.3 is 0 Å². The van der Waals surface area contributed by atoms with E-state index in [-0.39, 0.29) is 5.92 Å². The molecule has 0 aliphatic heterocycles. The molecule has 0 N–H and O–H groups in total. The van der Waals surface area contributed by atoms with E-state index in [1.807, 2.05) is 29.1 Å². The normalized spacial score (nSPS) is 13.5. The molecule has 1 heterocycles. The predicted molar refractivity (Wildman–Crippen MR) is 106 cm³/mol. The summed E-state index contributed by atoms with van der Waals surface area (Å²) in [6, 6.07) is 18.6. The quantitative estimate of drug-likeness (QED) is 0.543. The van der Waals surface area contributed by atoms with Crippen LogP contribution in [0.15, 0.2) is 74.5 Å². The van der Waals surface area contributed by atoms with Crippen LogP contribution in [0, 0.1) is 0 Å². The van der Waals surface area contributed by atoms with E-state index in [9.17, 15) is 0 Å². The topological polar surface area (TPSA) is 29.6 Å². The lowest BCUT2D eigenvalue weighted by atomic mass is 10.0. The molecular weight excluding hydrogens is 382 g/mol. The Hall–Kier alpha value is -1.98. The molecule has 122 valence electrons. The molecule has 1 atom stereocenters. The molecule has 1 unspecified atom stereocenters. The first-order chi connectivity index (χ1) is 11.7. The minimum absolute atomic E-state index is 0.237. The van der Waals surface area contributed by atoms with Gasteiger partial charge in [-0.05, 0) is 17.7 Å². The number of thiazole rings is 1. The van der Waals surface area contributed by atoms with E-state index in [2.05, 4.69) is 69.6 Å². The zero-order chi connectivity index (χ0) is 16.9. The zero-order valence-electron chi connectivity index (χ0n) is 13.6. The Bertz CT molecular complexity index is 892. The molecule has 0 saturated heterocycles. The van der Waals surface area contributed by atoms with E-state index in [0.717, 1.165) is 20.5 Å². The molecule has 0 aliphatic carbocycles. The van der Waals surface area contributed by atoms with E-state index >= 15 is 0 Å².